The van der Waals surface area contributed by atoms with Crippen molar-refractivity contribution in [2.75, 3.05) is 6.61 Å². The molecule has 0 bridgehead atoms. The van der Waals surface area contributed by atoms with Gasteiger partial charge >= 0.3 is 6.09 Å². The lowest BCUT2D eigenvalue weighted by Gasteiger charge is -2.09. The third kappa shape index (κ3) is 2.55. The average molecular weight is 279 g/mol. The summed E-state index contributed by atoms with van der Waals surface area (Å²) in [5.74, 6) is 0. The largest absolute Gasteiger partial charge is 0.449 e. The van der Waals surface area contributed by atoms with Gasteiger partial charge in [0.2, 0.25) is 0 Å². The predicted molar refractivity (Wildman–Crippen MR) is 84.4 cm³/mol. The molecule has 3 heteroatoms. The number of hydrogen-bond acceptors (Lipinski definition) is 2. The van der Waals surface area contributed by atoms with Crippen LogP contribution in [0.25, 0.3) is 22.2 Å². The van der Waals surface area contributed by atoms with Crippen molar-refractivity contribution in [3.8, 4) is 11.3 Å². The van der Waals surface area contributed by atoms with Crippen molar-refractivity contribution < 1.29 is 9.53 Å². The van der Waals surface area contributed by atoms with Gasteiger partial charge in [-0.1, -0.05) is 55.5 Å². The van der Waals surface area contributed by atoms with E-state index < -0.39 is 0 Å². The molecule has 0 N–H and O–H groups in total. The number of carbonyl (C=O) groups is 1. The zero-order chi connectivity index (χ0) is 14.7. The van der Waals surface area contributed by atoms with E-state index in [9.17, 15) is 4.79 Å². The van der Waals surface area contributed by atoms with E-state index in [0.29, 0.717) is 6.61 Å². The molecule has 0 aliphatic heterocycles. The highest BCUT2D eigenvalue weighted by Gasteiger charge is 2.16. The van der Waals surface area contributed by atoms with E-state index in [1.807, 2.05) is 67.6 Å². The third-order valence-corrected chi connectivity index (χ3v) is 3.39. The fourth-order valence-electron chi connectivity index (χ4n) is 2.43. The van der Waals surface area contributed by atoms with Crippen LogP contribution in [0.3, 0.4) is 0 Å². The summed E-state index contributed by atoms with van der Waals surface area (Å²) >= 11 is 0. The number of nitrogens with zero attached hydrogens (tertiary/aromatic N) is 1. The van der Waals surface area contributed by atoms with Crippen LogP contribution in [-0.2, 0) is 4.74 Å². The fourth-order valence-corrected chi connectivity index (χ4v) is 2.43. The molecular weight excluding hydrogens is 262 g/mol. The maximum Gasteiger partial charge on any atom is 0.418 e. The van der Waals surface area contributed by atoms with Crippen LogP contribution in [0.1, 0.15) is 13.3 Å². The Hall–Kier alpha value is -2.55. The molecule has 1 heterocycles. The smallest absolute Gasteiger partial charge is 0.418 e. The molecule has 3 aromatic rings. The summed E-state index contributed by atoms with van der Waals surface area (Å²) in [7, 11) is 0. The molecule has 0 radical (unpaired) electrons. The Bertz CT molecular complexity index is 759. The minimum Gasteiger partial charge on any atom is -0.449 e. The standard InChI is InChI=1S/C18H17NO2/c1-2-12-21-18(20)19-16-11-7-6-10-15(16)13-17(19)14-8-4-3-5-9-14/h3-11,13H,2,12H2,1H3. The molecule has 0 aliphatic rings. The molecule has 0 saturated carbocycles. The second kappa shape index (κ2) is 5.83. The van der Waals surface area contributed by atoms with E-state index in [2.05, 4.69) is 0 Å². The highest BCUT2D eigenvalue weighted by atomic mass is 16.5. The van der Waals surface area contributed by atoms with Crippen LogP contribution in [0, 0.1) is 0 Å². The van der Waals surface area contributed by atoms with Crippen LogP contribution >= 0.6 is 0 Å². The summed E-state index contributed by atoms with van der Waals surface area (Å²) in [6.45, 7) is 2.42. The molecule has 106 valence electrons. The molecule has 21 heavy (non-hydrogen) atoms. The Balaban J connectivity index is 2.17. The number of carbonyl (C=O) groups excluding carboxylic acids is 1. The molecule has 0 aliphatic carbocycles. The Morgan fingerprint density at radius 1 is 1.05 bits per heavy atom. The molecule has 0 saturated heterocycles. The van der Waals surface area contributed by atoms with Gasteiger partial charge in [-0.2, -0.15) is 0 Å². The van der Waals surface area contributed by atoms with Gasteiger partial charge in [0.25, 0.3) is 0 Å². The van der Waals surface area contributed by atoms with Crippen molar-refractivity contribution in [1.82, 2.24) is 4.57 Å². The van der Waals surface area contributed by atoms with Crippen molar-refractivity contribution in [3.05, 3.63) is 60.7 Å². The van der Waals surface area contributed by atoms with E-state index in [1.165, 1.54) is 0 Å². The molecule has 0 unspecified atom stereocenters. The van der Waals surface area contributed by atoms with Crippen molar-refractivity contribution >= 4 is 17.0 Å². The van der Waals surface area contributed by atoms with Gasteiger partial charge in [-0.3, -0.25) is 0 Å². The second-order valence-electron chi connectivity index (χ2n) is 4.90. The van der Waals surface area contributed by atoms with Crippen LogP contribution in [0.15, 0.2) is 60.7 Å². The first-order valence-corrected chi connectivity index (χ1v) is 7.14. The minimum absolute atomic E-state index is 0.322. The number of aromatic nitrogens is 1. The van der Waals surface area contributed by atoms with E-state index in [-0.39, 0.29) is 6.09 Å². The zero-order valence-corrected chi connectivity index (χ0v) is 12.0. The Kier molecular flexibility index (Phi) is 3.73. The van der Waals surface area contributed by atoms with E-state index in [1.54, 1.807) is 4.57 Å². The summed E-state index contributed by atoms with van der Waals surface area (Å²) in [5, 5.41) is 1.03. The van der Waals surface area contributed by atoms with E-state index in [4.69, 9.17) is 4.74 Å². The van der Waals surface area contributed by atoms with Crippen molar-refractivity contribution in [2.45, 2.75) is 13.3 Å². The Morgan fingerprint density at radius 2 is 1.76 bits per heavy atom. The van der Waals surface area contributed by atoms with Crippen LogP contribution in [0.2, 0.25) is 0 Å². The fraction of sp³-hybridized carbons (Fsp3) is 0.167. The monoisotopic (exact) mass is 279 g/mol. The van der Waals surface area contributed by atoms with Crippen LogP contribution in [-0.4, -0.2) is 17.3 Å². The van der Waals surface area contributed by atoms with Gasteiger partial charge in [0.1, 0.15) is 0 Å². The molecular formula is C18H17NO2. The van der Waals surface area contributed by atoms with Crippen molar-refractivity contribution in [2.24, 2.45) is 0 Å². The van der Waals surface area contributed by atoms with Gasteiger partial charge in [0.05, 0.1) is 17.8 Å². The summed E-state index contributed by atoms with van der Waals surface area (Å²) in [6, 6.07) is 19.8. The van der Waals surface area contributed by atoms with E-state index in [0.717, 1.165) is 28.6 Å². The summed E-state index contributed by atoms with van der Waals surface area (Å²) in [6.07, 6.45) is 0.489. The number of ether oxygens (including phenoxy) is 1. The number of hydrogen-bond donors (Lipinski definition) is 0. The maximum absolute atomic E-state index is 12.4. The predicted octanol–water partition coefficient (Wildman–Crippen LogP) is 4.70. The van der Waals surface area contributed by atoms with Crippen molar-refractivity contribution in [1.29, 1.82) is 0 Å². The number of rotatable bonds is 3. The highest BCUT2D eigenvalue weighted by molar-refractivity contribution is 5.96. The molecule has 0 spiro atoms. The molecule has 1 aromatic heterocycles. The quantitative estimate of drug-likeness (QED) is 0.695. The molecule has 0 fully saturated rings. The second-order valence-corrected chi connectivity index (χ2v) is 4.90. The van der Waals surface area contributed by atoms with Gasteiger partial charge in [-0.15, -0.1) is 0 Å². The average Bonchev–Trinajstić information content (AvgIpc) is 2.93. The molecule has 0 atom stereocenters. The van der Waals surface area contributed by atoms with E-state index >= 15 is 0 Å². The highest BCUT2D eigenvalue weighted by Crippen LogP contribution is 2.28. The molecule has 2 aromatic carbocycles. The first-order chi connectivity index (χ1) is 10.3. The van der Waals surface area contributed by atoms with Gasteiger partial charge in [-0.25, -0.2) is 9.36 Å². The summed E-state index contributed by atoms with van der Waals surface area (Å²) in [4.78, 5) is 12.4. The van der Waals surface area contributed by atoms with Crippen LogP contribution in [0.4, 0.5) is 4.79 Å². The third-order valence-electron chi connectivity index (χ3n) is 3.39. The van der Waals surface area contributed by atoms with Gasteiger partial charge in [-0.05, 0) is 24.1 Å². The van der Waals surface area contributed by atoms with Crippen LogP contribution in [0.5, 0.6) is 0 Å². The maximum atomic E-state index is 12.4. The Labute approximate surface area is 123 Å². The normalized spacial score (nSPS) is 10.7. The lowest BCUT2D eigenvalue weighted by atomic mass is 10.1. The SMILES string of the molecule is CCCOC(=O)n1c(-c2ccccc2)cc2ccccc21. The molecule has 0 amide bonds. The number of benzene rings is 2. The topological polar surface area (TPSA) is 31.2 Å². The van der Waals surface area contributed by atoms with Gasteiger partial charge < -0.3 is 4.74 Å². The van der Waals surface area contributed by atoms with Gasteiger partial charge in [0.15, 0.2) is 0 Å². The van der Waals surface area contributed by atoms with Crippen molar-refractivity contribution in [3.63, 3.8) is 0 Å². The lowest BCUT2D eigenvalue weighted by Crippen LogP contribution is -2.15. The minimum atomic E-state index is -0.322. The summed E-state index contributed by atoms with van der Waals surface area (Å²) < 4.78 is 6.98. The molecule has 3 rings (SSSR count). The summed E-state index contributed by atoms with van der Waals surface area (Å²) in [5.41, 5.74) is 2.73. The Morgan fingerprint density at radius 3 is 2.52 bits per heavy atom. The number of fused-ring (bicyclic) bond motifs is 1. The molecule has 3 nitrogen and oxygen atoms in total. The first kappa shape index (κ1) is 13.4. The first-order valence-electron chi connectivity index (χ1n) is 7.14. The lowest BCUT2D eigenvalue weighted by molar-refractivity contribution is 0.149. The zero-order valence-electron chi connectivity index (χ0n) is 12.0. The van der Waals surface area contributed by atoms with Crippen LogP contribution < -0.4 is 0 Å². The number of para-hydroxylation sites is 1. The van der Waals surface area contributed by atoms with Gasteiger partial charge in [0, 0.05) is 5.39 Å².